The zero-order valence-corrected chi connectivity index (χ0v) is 12.5. The lowest BCUT2D eigenvalue weighted by Crippen LogP contribution is -2.39. The molecule has 1 aromatic heterocycles. The molecule has 1 aromatic rings. The maximum Gasteiger partial charge on any atom is 0.340 e. The van der Waals surface area contributed by atoms with Crippen LogP contribution in [0.4, 0.5) is 11.5 Å². The summed E-state index contributed by atoms with van der Waals surface area (Å²) >= 11 is 0. The first-order chi connectivity index (χ1) is 9.30. The first-order valence-corrected chi connectivity index (χ1v) is 6.69. The monoisotopic (exact) mass is 281 g/mol. The number of likely N-dealkylation sites (N-methyl/N-ethyl adjacent to an activating group) is 1. The van der Waals surface area contributed by atoms with E-state index < -0.39 is 11.6 Å². The highest BCUT2D eigenvalue weighted by Gasteiger charge is 2.22. The highest BCUT2D eigenvalue weighted by molar-refractivity contribution is 5.97. The average molecular weight is 281 g/mol. The molecular weight excluding hydrogens is 258 g/mol. The molecule has 6 heteroatoms. The van der Waals surface area contributed by atoms with Crippen molar-refractivity contribution < 1.29 is 14.6 Å². The normalized spacial score (nSPS) is 11.2. The Morgan fingerprint density at radius 3 is 2.65 bits per heavy atom. The Kier molecular flexibility index (Phi) is 5.33. The summed E-state index contributed by atoms with van der Waals surface area (Å²) in [6.45, 7) is 8.37. The van der Waals surface area contributed by atoms with Gasteiger partial charge >= 0.3 is 5.97 Å². The average Bonchev–Trinajstić information content (AvgIpc) is 2.35. The lowest BCUT2D eigenvalue weighted by Gasteiger charge is -2.30. The van der Waals surface area contributed by atoms with E-state index in [4.69, 9.17) is 10.5 Å². The van der Waals surface area contributed by atoms with Gasteiger partial charge in [-0.15, -0.1) is 0 Å². The smallest absolute Gasteiger partial charge is 0.340 e. The Bertz CT molecular complexity index is 469. The topological polar surface area (TPSA) is 88.7 Å². The summed E-state index contributed by atoms with van der Waals surface area (Å²) in [6.07, 6.45) is 1.52. The first kappa shape index (κ1) is 16.2. The number of pyridine rings is 1. The number of ether oxygens (including phenoxy) is 1. The van der Waals surface area contributed by atoms with Crippen molar-refractivity contribution in [1.82, 2.24) is 4.98 Å². The van der Waals surface area contributed by atoms with Crippen LogP contribution in [0.25, 0.3) is 0 Å². The molecule has 0 atom stereocenters. The molecular formula is C14H23N3O3. The standard InChI is InChI=1S/C14H23N3O3/c1-5-17(9-14(3,4)19)12-11(15)10(7-8-16-12)13(18)20-6-2/h7-8,19H,5-6,9,15H2,1-4H3. The van der Waals surface area contributed by atoms with Gasteiger partial charge in [0.2, 0.25) is 0 Å². The van der Waals surface area contributed by atoms with Crippen molar-refractivity contribution in [2.45, 2.75) is 33.3 Å². The van der Waals surface area contributed by atoms with Crippen molar-refractivity contribution >= 4 is 17.5 Å². The second-order valence-corrected chi connectivity index (χ2v) is 5.14. The van der Waals surface area contributed by atoms with Gasteiger partial charge in [-0.05, 0) is 33.8 Å². The van der Waals surface area contributed by atoms with Gasteiger partial charge in [0.1, 0.15) is 0 Å². The summed E-state index contributed by atoms with van der Waals surface area (Å²) in [4.78, 5) is 17.9. The third kappa shape index (κ3) is 4.09. The van der Waals surface area contributed by atoms with E-state index in [-0.39, 0.29) is 12.3 Å². The van der Waals surface area contributed by atoms with Crippen LogP contribution in [0.5, 0.6) is 0 Å². The molecule has 0 amide bonds. The number of hydrogen-bond acceptors (Lipinski definition) is 6. The number of carbonyl (C=O) groups is 1. The van der Waals surface area contributed by atoms with Gasteiger partial charge in [0, 0.05) is 19.3 Å². The molecule has 0 bridgehead atoms. The summed E-state index contributed by atoms with van der Waals surface area (Å²) in [5.41, 5.74) is 5.71. The summed E-state index contributed by atoms with van der Waals surface area (Å²) in [6, 6.07) is 1.54. The Hall–Kier alpha value is -1.82. The van der Waals surface area contributed by atoms with Crippen LogP contribution in [0.2, 0.25) is 0 Å². The van der Waals surface area contributed by atoms with Gasteiger partial charge in [-0.1, -0.05) is 0 Å². The zero-order chi connectivity index (χ0) is 15.3. The molecule has 0 saturated carbocycles. The Labute approximate surface area is 119 Å². The van der Waals surface area contributed by atoms with Gasteiger partial charge < -0.3 is 20.5 Å². The second-order valence-electron chi connectivity index (χ2n) is 5.14. The van der Waals surface area contributed by atoms with E-state index >= 15 is 0 Å². The van der Waals surface area contributed by atoms with E-state index in [1.807, 2.05) is 11.8 Å². The highest BCUT2D eigenvalue weighted by atomic mass is 16.5. The molecule has 0 aromatic carbocycles. The molecule has 0 aliphatic heterocycles. The first-order valence-electron chi connectivity index (χ1n) is 6.69. The Morgan fingerprint density at radius 2 is 2.15 bits per heavy atom. The van der Waals surface area contributed by atoms with E-state index in [1.165, 1.54) is 12.3 Å². The molecule has 1 rings (SSSR count). The fourth-order valence-corrected chi connectivity index (χ4v) is 1.90. The highest BCUT2D eigenvalue weighted by Crippen LogP contribution is 2.25. The van der Waals surface area contributed by atoms with Crippen LogP contribution in [-0.2, 0) is 4.74 Å². The third-order valence-electron chi connectivity index (χ3n) is 2.72. The number of esters is 1. The maximum absolute atomic E-state index is 11.8. The molecule has 0 unspecified atom stereocenters. The number of nitrogens with zero attached hydrogens (tertiary/aromatic N) is 2. The van der Waals surface area contributed by atoms with Crippen LogP contribution in [0.3, 0.4) is 0 Å². The number of nitrogen functional groups attached to an aromatic ring is 1. The molecule has 0 aliphatic carbocycles. The minimum atomic E-state index is -0.885. The molecule has 0 aliphatic rings. The lowest BCUT2D eigenvalue weighted by molar-refractivity contribution is 0.0527. The number of carbonyl (C=O) groups excluding carboxylic acids is 1. The van der Waals surface area contributed by atoms with E-state index in [2.05, 4.69) is 4.98 Å². The van der Waals surface area contributed by atoms with Crippen molar-refractivity contribution in [2.24, 2.45) is 0 Å². The molecule has 20 heavy (non-hydrogen) atoms. The predicted octanol–water partition coefficient (Wildman–Crippen LogP) is 1.44. The van der Waals surface area contributed by atoms with Gasteiger partial charge in [-0.2, -0.15) is 0 Å². The van der Waals surface area contributed by atoms with Crippen molar-refractivity contribution in [3.63, 3.8) is 0 Å². The van der Waals surface area contributed by atoms with Crippen LogP contribution in [-0.4, -0.2) is 41.4 Å². The number of aliphatic hydroxyl groups is 1. The molecule has 112 valence electrons. The van der Waals surface area contributed by atoms with E-state index in [9.17, 15) is 9.90 Å². The number of rotatable bonds is 6. The summed E-state index contributed by atoms with van der Waals surface area (Å²) in [5.74, 6) is 0.0214. The van der Waals surface area contributed by atoms with Crippen LogP contribution in [0.15, 0.2) is 12.3 Å². The third-order valence-corrected chi connectivity index (χ3v) is 2.72. The second kappa shape index (κ2) is 6.56. The van der Waals surface area contributed by atoms with Crippen molar-refractivity contribution in [3.8, 4) is 0 Å². The van der Waals surface area contributed by atoms with Crippen molar-refractivity contribution in [1.29, 1.82) is 0 Å². The van der Waals surface area contributed by atoms with Gasteiger partial charge in [0.25, 0.3) is 0 Å². The van der Waals surface area contributed by atoms with Crippen LogP contribution in [0, 0.1) is 0 Å². The number of nitrogens with two attached hydrogens (primary N) is 1. The molecule has 0 spiro atoms. The number of aromatic nitrogens is 1. The fraction of sp³-hybridized carbons (Fsp3) is 0.571. The molecule has 3 N–H and O–H groups in total. The summed E-state index contributed by atoms with van der Waals surface area (Å²) in [7, 11) is 0. The lowest BCUT2D eigenvalue weighted by atomic mass is 10.1. The summed E-state index contributed by atoms with van der Waals surface area (Å²) < 4.78 is 4.96. The minimum Gasteiger partial charge on any atom is -0.462 e. The fourth-order valence-electron chi connectivity index (χ4n) is 1.90. The predicted molar refractivity (Wildman–Crippen MR) is 78.8 cm³/mol. The number of hydrogen-bond donors (Lipinski definition) is 2. The van der Waals surface area contributed by atoms with Crippen molar-refractivity contribution in [2.75, 3.05) is 30.3 Å². The molecule has 0 radical (unpaired) electrons. The SMILES string of the molecule is CCOC(=O)c1ccnc(N(CC)CC(C)(C)O)c1N. The van der Waals surface area contributed by atoms with Crippen LogP contribution >= 0.6 is 0 Å². The molecule has 1 heterocycles. The molecule has 6 nitrogen and oxygen atoms in total. The maximum atomic E-state index is 11.8. The van der Waals surface area contributed by atoms with Gasteiger partial charge in [-0.3, -0.25) is 0 Å². The quantitative estimate of drug-likeness (QED) is 0.767. The van der Waals surface area contributed by atoms with E-state index in [0.29, 0.717) is 24.5 Å². The zero-order valence-electron chi connectivity index (χ0n) is 12.5. The molecule has 0 saturated heterocycles. The van der Waals surface area contributed by atoms with E-state index in [0.717, 1.165) is 0 Å². The van der Waals surface area contributed by atoms with Crippen LogP contribution in [0.1, 0.15) is 38.1 Å². The van der Waals surface area contributed by atoms with Gasteiger partial charge in [0.15, 0.2) is 5.82 Å². The largest absolute Gasteiger partial charge is 0.462 e. The van der Waals surface area contributed by atoms with Crippen LogP contribution < -0.4 is 10.6 Å². The summed E-state index contributed by atoms with van der Waals surface area (Å²) in [5, 5.41) is 9.93. The van der Waals surface area contributed by atoms with E-state index in [1.54, 1.807) is 20.8 Å². The van der Waals surface area contributed by atoms with Gasteiger partial charge in [-0.25, -0.2) is 9.78 Å². The minimum absolute atomic E-state index is 0.275. The molecule has 0 fully saturated rings. The van der Waals surface area contributed by atoms with Gasteiger partial charge in [0.05, 0.1) is 23.5 Å². The van der Waals surface area contributed by atoms with Crippen molar-refractivity contribution in [3.05, 3.63) is 17.8 Å². The Balaban J connectivity index is 3.11. The number of anilines is 2. The Morgan fingerprint density at radius 1 is 1.50 bits per heavy atom.